The maximum atomic E-state index is 12.9. The summed E-state index contributed by atoms with van der Waals surface area (Å²) in [5, 5.41) is 11.1. The van der Waals surface area contributed by atoms with Crippen LogP contribution in [-0.4, -0.2) is 53.4 Å². The van der Waals surface area contributed by atoms with Gasteiger partial charge in [0.05, 0.1) is 4.90 Å². The Balaban J connectivity index is 1.80. The highest BCUT2D eigenvalue weighted by atomic mass is 32.2. The lowest BCUT2D eigenvalue weighted by atomic mass is 10.2. The van der Waals surface area contributed by atoms with E-state index in [-0.39, 0.29) is 18.9 Å². The molecule has 140 valence electrons. The first-order valence-electron chi connectivity index (χ1n) is 8.20. The Morgan fingerprint density at radius 2 is 1.81 bits per heavy atom. The molecule has 2 aromatic rings. The third kappa shape index (κ3) is 3.17. The Bertz CT molecular complexity index is 946. The summed E-state index contributed by atoms with van der Waals surface area (Å²) in [7, 11) is -1.90. The quantitative estimate of drug-likeness (QED) is 0.589. The highest BCUT2D eigenvalue weighted by Crippen LogP contribution is 2.28. The molecule has 0 radical (unpaired) electrons. The normalized spacial score (nSPS) is 16.0. The second kappa shape index (κ2) is 6.69. The van der Waals surface area contributed by atoms with E-state index in [0.29, 0.717) is 23.8 Å². The average Bonchev–Trinajstić information content (AvgIpc) is 2.96. The van der Waals surface area contributed by atoms with E-state index in [1.807, 2.05) is 13.0 Å². The summed E-state index contributed by atoms with van der Waals surface area (Å²) in [6.45, 7) is 4.96. The third-order valence-corrected chi connectivity index (χ3v) is 6.61. The number of anilines is 1. The van der Waals surface area contributed by atoms with Crippen LogP contribution in [0.25, 0.3) is 0 Å². The predicted octanol–water partition coefficient (Wildman–Crippen LogP) is 1.46. The lowest BCUT2D eigenvalue weighted by Gasteiger charge is -2.34. The molecule has 0 spiro atoms. The summed E-state index contributed by atoms with van der Waals surface area (Å²) in [6, 6.07) is 5.27. The fraction of sp³-hybridized carbons (Fsp3) is 0.438. The van der Waals surface area contributed by atoms with E-state index in [4.69, 9.17) is 0 Å². The molecule has 1 aliphatic heterocycles. The molecular formula is C16H21N5O4S. The Morgan fingerprint density at radius 1 is 1.15 bits per heavy atom. The van der Waals surface area contributed by atoms with E-state index in [9.17, 15) is 18.5 Å². The van der Waals surface area contributed by atoms with Gasteiger partial charge in [-0.05, 0) is 35.4 Å². The zero-order valence-electron chi connectivity index (χ0n) is 14.9. The highest BCUT2D eigenvalue weighted by molar-refractivity contribution is 7.89. The Labute approximate surface area is 152 Å². The maximum absolute atomic E-state index is 12.9. The molecule has 0 bridgehead atoms. The predicted molar refractivity (Wildman–Crippen MR) is 96.8 cm³/mol. The zero-order chi connectivity index (χ0) is 19.1. The van der Waals surface area contributed by atoms with Gasteiger partial charge in [-0.2, -0.15) is 4.31 Å². The molecule has 1 aromatic heterocycles. The minimum Gasteiger partial charge on any atom is -0.358 e. The van der Waals surface area contributed by atoms with Gasteiger partial charge in [0.15, 0.2) is 0 Å². The van der Waals surface area contributed by atoms with Crippen molar-refractivity contribution in [3.8, 4) is 0 Å². The van der Waals surface area contributed by atoms with Crippen molar-refractivity contribution in [2.75, 3.05) is 31.1 Å². The molecule has 0 unspecified atom stereocenters. The first kappa shape index (κ1) is 18.3. The maximum Gasteiger partial charge on any atom is 0.406 e. The number of nitro groups is 1. The fourth-order valence-electron chi connectivity index (χ4n) is 3.27. The van der Waals surface area contributed by atoms with Crippen LogP contribution >= 0.6 is 0 Å². The van der Waals surface area contributed by atoms with Crippen molar-refractivity contribution in [2.24, 2.45) is 7.05 Å². The number of imidazole rings is 1. The van der Waals surface area contributed by atoms with Crippen molar-refractivity contribution < 1.29 is 13.3 Å². The summed E-state index contributed by atoms with van der Waals surface area (Å²) < 4.78 is 28.9. The molecule has 0 N–H and O–H groups in total. The number of aryl methyl sites for hydroxylation is 3. The van der Waals surface area contributed by atoms with Gasteiger partial charge in [0.25, 0.3) is 0 Å². The van der Waals surface area contributed by atoms with Crippen molar-refractivity contribution in [1.82, 2.24) is 13.9 Å². The highest BCUT2D eigenvalue weighted by Gasteiger charge is 2.33. The molecule has 3 rings (SSSR count). The van der Waals surface area contributed by atoms with E-state index in [1.54, 1.807) is 35.6 Å². The van der Waals surface area contributed by atoms with Crippen molar-refractivity contribution in [3.63, 3.8) is 0 Å². The smallest absolute Gasteiger partial charge is 0.358 e. The molecular weight excluding hydrogens is 358 g/mol. The number of hydrogen-bond acceptors (Lipinski definition) is 6. The van der Waals surface area contributed by atoms with Gasteiger partial charge in [0.2, 0.25) is 22.2 Å². The number of hydrogen-bond donors (Lipinski definition) is 0. The minimum absolute atomic E-state index is 0.210. The third-order valence-electron chi connectivity index (χ3n) is 4.55. The van der Waals surface area contributed by atoms with Gasteiger partial charge in [-0.25, -0.2) is 8.42 Å². The van der Waals surface area contributed by atoms with Crippen LogP contribution in [0.2, 0.25) is 0 Å². The monoisotopic (exact) mass is 379 g/mol. The summed E-state index contributed by atoms with van der Waals surface area (Å²) in [6.07, 6.45) is 1.40. The lowest BCUT2D eigenvalue weighted by Crippen LogP contribution is -2.49. The number of rotatable bonds is 4. The molecule has 2 heterocycles. The molecule has 10 heteroatoms. The Hall–Kier alpha value is -2.46. The van der Waals surface area contributed by atoms with Gasteiger partial charge in [0, 0.05) is 33.2 Å². The molecule has 1 aliphatic rings. The minimum atomic E-state index is -3.59. The van der Waals surface area contributed by atoms with Crippen LogP contribution in [0.15, 0.2) is 29.4 Å². The summed E-state index contributed by atoms with van der Waals surface area (Å²) in [5.74, 6) is 0.191. The van der Waals surface area contributed by atoms with Gasteiger partial charge >= 0.3 is 5.82 Å². The largest absolute Gasteiger partial charge is 0.406 e. The molecule has 0 amide bonds. The van der Waals surface area contributed by atoms with E-state index in [0.717, 1.165) is 11.1 Å². The summed E-state index contributed by atoms with van der Waals surface area (Å²) in [4.78, 5) is 16.6. The van der Waals surface area contributed by atoms with E-state index in [2.05, 4.69) is 4.98 Å². The molecule has 26 heavy (non-hydrogen) atoms. The van der Waals surface area contributed by atoms with Crippen molar-refractivity contribution in [1.29, 1.82) is 0 Å². The lowest BCUT2D eigenvalue weighted by molar-refractivity contribution is -0.388. The molecule has 1 aromatic carbocycles. The zero-order valence-corrected chi connectivity index (χ0v) is 15.7. The van der Waals surface area contributed by atoms with Gasteiger partial charge < -0.3 is 15.0 Å². The molecule has 0 saturated carbocycles. The molecule has 9 nitrogen and oxygen atoms in total. The molecule has 1 fully saturated rings. The average molecular weight is 379 g/mol. The topological polar surface area (TPSA) is 102 Å². The SMILES string of the molecule is Cc1ccc(S(=O)(=O)N2CCN(c3c([N+](=O)[O-])ncn3C)CC2)c(C)c1. The fourth-order valence-corrected chi connectivity index (χ4v) is 4.90. The number of sulfonamides is 1. The van der Waals surface area contributed by atoms with E-state index >= 15 is 0 Å². The van der Waals surface area contributed by atoms with Crippen LogP contribution in [0.4, 0.5) is 11.6 Å². The second-order valence-corrected chi connectivity index (χ2v) is 8.33. The Morgan fingerprint density at radius 3 is 2.38 bits per heavy atom. The van der Waals surface area contributed by atoms with Gasteiger partial charge in [-0.3, -0.25) is 4.57 Å². The van der Waals surface area contributed by atoms with Crippen LogP contribution in [-0.2, 0) is 17.1 Å². The van der Waals surface area contributed by atoms with Crippen LogP contribution < -0.4 is 4.90 Å². The van der Waals surface area contributed by atoms with E-state index < -0.39 is 14.9 Å². The van der Waals surface area contributed by atoms with Crippen molar-refractivity contribution in [3.05, 3.63) is 45.8 Å². The number of benzene rings is 1. The van der Waals surface area contributed by atoms with E-state index in [1.165, 1.54) is 10.6 Å². The van der Waals surface area contributed by atoms with Crippen LogP contribution in [0.3, 0.4) is 0 Å². The standard InChI is InChI=1S/C16H21N5O4S/c1-12-4-5-14(13(2)10-12)26(24,25)20-8-6-19(7-9-20)16-15(21(22)23)17-11-18(16)3/h4-5,10-11H,6-9H2,1-3H3. The number of nitrogens with zero attached hydrogens (tertiary/aromatic N) is 5. The number of piperazine rings is 1. The second-order valence-electron chi connectivity index (χ2n) is 6.42. The molecule has 1 saturated heterocycles. The summed E-state index contributed by atoms with van der Waals surface area (Å²) >= 11 is 0. The van der Waals surface area contributed by atoms with Crippen LogP contribution in [0, 0.1) is 24.0 Å². The Kier molecular flexibility index (Phi) is 4.72. The first-order chi connectivity index (χ1) is 12.2. The van der Waals surface area contributed by atoms with Crippen molar-refractivity contribution in [2.45, 2.75) is 18.7 Å². The molecule has 0 atom stereocenters. The van der Waals surface area contributed by atoms with Gasteiger partial charge in [-0.1, -0.05) is 17.7 Å². The van der Waals surface area contributed by atoms with Crippen LogP contribution in [0.5, 0.6) is 0 Å². The first-order valence-corrected chi connectivity index (χ1v) is 9.64. The number of aromatic nitrogens is 2. The van der Waals surface area contributed by atoms with Gasteiger partial charge in [-0.15, -0.1) is 0 Å². The molecule has 0 aliphatic carbocycles. The van der Waals surface area contributed by atoms with Crippen molar-refractivity contribution >= 4 is 21.7 Å². The summed E-state index contributed by atoms with van der Waals surface area (Å²) in [5.41, 5.74) is 1.73. The van der Waals surface area contributed by atoms with Crippen LogP contribution in [0.1, 0.15) is 11.1 Å². The van der Waals surface area contributed by atoms with Gasteiger partial charge in [0.1, 0.15) is 0 Å².